The molecule has 6 nitrogen and oxygen atoms in total. The number of nitrogens with one attached hydrogen (secondary N) is 1. The van der Waals surface area contributed by atoms with Gasteiger partial charge in [-0.05, 0) is 36.4 Å². The van der Waals surface area contributed by atoms with Crippen LogP contribution in [0.2, 0.25) is 0 Å². The molecular formula is C21H23N3O3S. The van der Waals surface area contributed by atoms with Gasteiger partial charge in [-0.2, -0.15) is 0 Å². The maximum atomic E-state index is 12.8. The Morgan fingerprint density at radius 2 is 2.04 bits per heavy atom. The van der Waals surface area contributed by atoms with Gasteiger partial charge in [-0.3, -0.25) is 9.59 Å². The smallest absolute Gasteiger partial charge is 0.225 e. The lowest BCUT2D eigenvalue weighted by atomic mass is 9.96. The van der Waals surface area contributed by atoms with Gasteiger partial charge in [0.15, 0.2) is 11.5 Å². The molecule has 1 N–H and O–H groups in total. The molecule has 1 aliphatic rings. The number of amides is 2. The number of carbonyl (C=O) groups excluding carboxylic acids is 2. The minimum atomic E-state index is -0.264. The molecule has 1 aliphatic heterocycles. The van der Waals surface area contributed by atoms with E-state index in [1.165, 1.54) is 6.92 Å². The third-order valence-electron chi connectivity index (χ3n) is 5.15. The van der Waals surface area contributed by atoms with Crippen LogP contribution in [-0.2, 0) is 9.59 Å². The number of piperidine rings is 1. The molecule has 0 radical (unpaired) electrons. The lowest BCUT2D eigenvalue weighted by Crippen LogP contribution is -2.40. The SMILES string of the molecule is CC(=O)NC(CC(=O)N1CCC(c2nc3ccccc3o2)CC1)c1cccs1. The molecule has 1 unspecified atom stereocenters. The molecule has 1 atom stereocenters. The van der Waals surface area contributed by atoms with Crippen molar-refractivity contribution in [2.75, 3.05) is 13.1 Å². The molecule has 2 amide bonds. The van der Waals surface area contributed by atoms with Gasteiger partial charge >= 0.3 is 0 Å². The lowest BCUT2D eigenvalue weighted by Gasteiger charge is -2.31. The summed E-state index contributed by atoms with van der Waals surface area (Å²) in [4.78, 5) is 31.8. The monoisotopic (exact) mass is 397 g/mol. The molecule has 0 saturated carbocycles. The summed E-state index contributed by atoms with van der Waals surface area (Å²) in [5.41, 5.74) is 1.69. The van der Waals surface area contributed by atoms with Gasteiger partial charge in [0.1, 0.15) is 5.52 Å². The molecule has 146 valence electrons. The molecule has 0 aliphatic carbocycles. The summed E-state index contributed by atoms with van der Waals surface area (Å²) in [6.45, 7) is 2.84. The van der Waals surface area contributed by atoms with Crippen LogP contribution < -0.4 is 5.32 Å². The number of rotatable bonds is 5. The van der Waals surface area contributed by atoms with E-state index in [-0.39, 0.29) is 30.2 Å². The van der Waals surface area contributed by atoms with Crippen molar-refractivity contribution >= 4 is 34.3 Å². The Morgan fingerprint density at radius 3 is 2.71 bits per heavy atom. The molecule has 4 rings (SSSR count). The number of hydrogen-bond acceptors (Lipinski definition) is 5. The van der Waals surface area contributed by atoms with Gasteiger partial charge in [0, 0.05) is 30.8 Å². The zero-order valence-electron chi connectivity index (χ0n) is 15.8. The Morgan fingerprint density at radius 1 is 1.25 bits per heavy atom. The van der Waals surface area contributed by atoms with E-state index in [1.54, 1.807) is 11.3 Å². The van der Waals surface area contributed by atoms with Crippen LogP contribution in [-0.4, -0.2) is 34.8 Å². The summed E-state index contributed by atoms with van der Waals surface area (Å²) in [6, 6.07) is 11.4. The summed E-state index contributed by atoms with van der Waals surface area (Å²) in [6.07, 6.45) is 1.96. The van der Waals surface area contributed by atoms with E-state index in [9.17, 15) is 9.59 Å². The van der Waals surface area contributed by atoms with Crippen molar-refractivity contribution in [2.24, 2.45) is 0 Å². The average molecular weight is 398 g/mol. The van der Waals surface area contributed by atoms with Gasteiger partial charge in [-0.15, -0.1) is 11.3 Å². The zero-order chi connectivity index (χ0) is 19.5. The van der Waals surface area contributed by atoms with Crippen LogP contribution in [0, 0.1) is 0 Å². The fraction of sp³-hybridized carbons (Fsp3) is 0.381. The number of para-hydroxylation sites is 2. The third-order valence-corrected chi connectivity index (χ3v) is 6.14. The van der Waals surface area contributed by atoms with Crippen molar-refractivity contribution in [3.05, 3.63) is 52.5 Å². The second kappa shape index (κ2) is 8.14. The van der Waals surface area contributed by atoms with Crippen LogP contribution >= 0.6 is 11.3 Å². The van der Waals surface area contributed by atoms with Gasteiger partial charge in [0.25, 0.3) is 0 Å². The largest absolute Gasteiger partial charge is 0.440 e. The Labute approximate surface area is 167 Å². The first-order valence-electron chi connectivity index (χ1n) is 9.54. The van der Waals surface area contributed by atoms with Gasteiger partial charge < -0.3 is 14.6 Å². The number of hydrogen-bond donors (Lipinski definition) is 1. The van der Waals surface area contributed by atoms with Crippen LogP contribution in [0.3, 0.4) is 0 Å². The Balaban J connectivity index is 1.37. The number of benzene rings is 1. The minimum Gasteiger partial charge on any atom is -0.440 e. The van der Waals surface area contributed by atoms with Crippen LogP contribution in [0.1, 0.15) is 48.9 Å². The Bertz CT molecular complexity index is 925. The number of fused-ring (bicyclic) bond motifs is 1. The molecule has 28 heavy (non-hydrogen) atoms. The Hall–Kier alpha value is -2.67. The minimum absolute atomic E-state index is 0.0724. The number of thiophene rings is 1. The highest BCUT2D eigenvalue weighted by atomic mass is 32.1. The van der Waals surface area contributed by atoms with Gasteiger partial charge in [-0.1, -0.05) is 18.2 Å². The second-order valence-electron chi connectivity index (χ2n) is 7.15. The van der Waals surface area contributed by atoms with Crippen LogP contribution in [0.4, 0.5) is 0 Å². The summed E-state index contributed by atoms with van der Waals surface area (Å²) < 4.78 is 5.90. The molecule has 0 spiro atoms. The van der Waals surface area contributed by atoms with E-state index in [2.05, 4.69) is 10.3 Å². The quantitative estimate of drug-likeness (QED) is 0.709. The first-order chi connectivity index (χ1) is 13.6. The van der Waals surface area contributed by atoms with E-state index in [0.717, 1.165) is 34.7 Å². The van der Waals surface area contributed by atoms with E-state index < -0.39 is 0 Å². The Kier molecular flexibility index (Phi) is 5.43. The van der Waals surface area contributed by atoms with Crippen molar-refractivity contribution < 1.29 is 14.0 Å². The topological polar surface area (TPSA) is 75.4 Å². The van der Waals surface area contributed by atoms with Crippen molar-refractivity contribution in [1.29, 1.82) is 0 Å². The molecule has 1 aromatic carbocycles. The van der Waals surface area contributed by atoms with Crippen LogP contribution in [0.25, 0.3) is 11.1 Å². The normalized spacial score (nSPS) is 16.2. The summed E-state index contributed by atoms with van der Waals surface area (Å²) in [5.74, 6) is 0.951. The van der Waals surface area contributed by atoms with E-state index >= 15 is 0 Å². The molecule has 1 saturated heterocycles. The standard InChI is InChI=1S/C21H23N3O3S/c1-14(25)22-17(19-7-4-12-28-19)13-20(26)24-10-8-15(9-11-24)21-23-16-5-2-3-6-18(16)27-21/h2-7,12,15,17H,8-11,13H2,1H3,(H,22,25). The fourth-order valence-electron chi connectivity index (χ4n) is 3.70. The van der Waals surface area contributed by atoms with E-state index in [0.29, 0.717) is 13.1 Å². The number of nitrogens with zero attached hydrogens (tertiary/aromatic N) is 2. The number of oxazole rings is 1. The molecular weight excluding hydrogens is 374 g/mol. The summed E-state index contributed by atoms with van der Waals surface area (Å²) in [7, 11) is 0. The van der Waals surface area contributed by atoms with E-state index in [4.69, 9.17) is 4.42 Å². The molecule has 3 heterocycles. The van der Waals surface area contributed by atoms with Gasteiger partial charge in [0.05, 0.1) is 12.5 Å². The lowest BCUT2D eigenvalue weighted by molar-refractivity contribution is -0.133. The molecule has 3 aromatic rings. The number of carbonyl (C=O) groups is 2. The maximum Gasteiger partial charge on any atom is 0.225 e. The van der Waals surface area contributed by atoms with E-state index in [1.807, 2.05) is 46.7 Å². The highest BCUT2D eigenvalue weighted by Gasteiger charge is 2.28. The predicted octanol–water partition coefficient (Wildman–Crippen LogP) is 3.86. The van der Waals surface area contributed by atoms with Gasteiger partial charge in [-0.25, -0.2) is 4.98 Å². The van der Waals surface area contributed by atoms with Crippen molar-refractivity contribution in [1.82, 2.24) is 15.2 Å². The maximum absolute atomic E-state index is 12.8. The first kappa shape index (κ1) is 18.7. The highest BCUT2D eigenvalue weighted by molar-refractivity contribution is 7.10. The fourth-order valence-corrected chi connectivity index (χ4v) is 4.48. The highest BCUT2D eigenvalue weighted by Crippen LogP contribution is 2.31. The zero-order valence-corrected chi connectivity index (χ0v) is 16.6. The average Bonchev–Trinajstić information content (AvgIpc) is 3.37. The number of aromatic nitrogens is 1. The first-order valence-corrected chi connectivity index (χ1v) is 10.4. The molecule has 1 fully saturated rings. The molecule has 0 bridgehead atoms. The summed E-state index contributed by atoms with van der Waals surface area (Å²) in [5, 5.41) is 4.86. The van der Waals surface area contributed by atoms with Crippen LogP contribution in [0.15, 0.2) is 46.2 Å². The van der Waals surface area contributed by atoms with Crippen molar-refractivity contribution in [3.8, 4) is 0 Å². The molecule has 2 aromatic heterocycles. The van der Waals surface area contributed by atoms with Gasteiger partial charge in [0.2, 0.25) is 11.8 Å². The van der Waals surface area contributed by atoms with Crippen LogP contribution in [0.5, 0.6) is 0 Å². The molecule has 7 heteroatoms. The van der Waals surface area contributed by atoms with Crippen molar-refractivity contribution in [3.63, 3.8) is 0 Å². The number of likely N-dealkylation sites (tertiary alicyclic amines) is 1. The predicted molar refractivity (Wildman–Crippen MR) is 108 cm³/mol. The van der Waals surface area contributed by atoms with Crippen molar-refractivity contribution in [2.45, 2.75) is 38.1 Å². The third kappa shape index (κ3) is 4.09. The summed E-state index contributed by atoms with van der Waals surface area (Å²) >= 11 is 1.56. The second-order valence-corrected chi connectivity index (χ2v) is 8.13.